The van der Waals surface area contributed by atoms with Gasteiger partial charge >= 0.3 is 5.97 Å². The quantitative estimate of drug-likeness (QED) is 0.834. The van der Waals surface area contributed by atoms with Gasteiger partial charge in [0.2, 0.25) is 5.91 Å². The number of halogens is 2. The van der Waals surface area contributed by atoms with E-state index in [0.29, 0.717) is 6.07 Å². The van der Waals surface area contributed by atoms with Gasteiger partial charge in [0.1, 0.15) is 17.7 Å². The van der Waals surface area contributed by atoms with E-state index in [1.807, 2.05) is 6.07 Å². The van der Waals surface area contributed by atoms with Crippen molar-refractivity contribution in [2.75, 3.05) is 0 Å². The van der Waals surface area contributed by atoms with Crippen LogP contribution in [0, 0.1) is 28.9 Å². The van der Waals surface area contributed by atoms with Crippen LogP contribution in [0.25, 0.3) is 0 Å². The van der Waals surface area contributed by atoms with Gasteiger partial charge in [-0.1, -0.05) is 6.07 Å². The van der Waals surface area contributed by atoms with Crippen molar-refractivity contribution in [1.82, 2.24) is 5.32 Å². The molecule has 0 heterocycles. The number of hydrogen-bond donors (Lipinski definition) is 2. The highest BCUT2D eigenvalue weighted by atomic mass is 19.1. The third kappa shape index (κ3) is 5.18. The molecule has 0 aromatic heterocycles. The first kappa shape index (κ1) is 16.6. The number of carbonyl (C=O) groups excluding carboxylic acids is 1. The first-order valence-corrected chi connectivity index (χ1v) is 6.19. The molecular weight excluding hydrogens is 282 g/mol. The lowest BCUT2D eigenvalue weighted by molar-refractivity contribution is -0.142. The molecule has 7 heteroatoms. The number of rotatable bonds is 6. The number of nitrogens with one attached hydrogen (secondary N) is 1. The SMILES string of the molecule is C[C@@H](C#N)C[C@H](NC(=O)Cc1ccc(F)cc1F)C(=O)O. The zero-order valence-corrected chi connectivity index (χ0v) is 11.3. The summed E-state index contributed by atoms with van der Waals surface area (Å²) in [6.45, 7) is 1.53. The third-order valence-electron chi connectivity index (χ3n) is 2.81. The summed E-state index contributed by atoms with van der Waals surface area (Å²) in [5.74, 6) is -4.16. The third-order valence-corrected chi connectivity index (χ3v) is 2.81. The highest BCUT2D eigenvalue weighted by Crippen LogP contribution is 2.11. The van der Waals surface area contributed by atoms with Crippen LogP contribution in [-0.2, 0) is 16.0 Å². The van der Waals surface area contributed by atoms with Crippen molar-refractivity contribution in [3.8, 4) is 6.07 Å². The van der Waals surface area contributed by atoms with Gasteiger partial charge in [0.25, 0.3) is 0 Å². The molecule has 21 heavy (non-hydrogen) atoms. The van der Waals surface area contributed by atoms with Gasteiger partial charge < -0.3 is 10.4 Å². The van der Waals surface area contributed by atoms with Crippen LogP contribution in [0.3, 0.4) is 0 Å². The van der Waals surface area contributed by atoms with Crippen molar-refractivity contribution >= 4 is 11.9 Å². The fourth-order valence-corrected chi connectivity index (χ4v) is 1.71. The molecule has 5 nitrogen and oxygen atoms in total. The zero-order valence-electron chi connectivity index (χ0n) is 11.3. The van der Waals surface area contributed by atoms with Crippen LogP contribution in [0.1, 0.15) is 18.9 Å². The Morgan fingerprint density at radius 1 is 1.43 bits per heavy atom. The average Bonchev–Trinajstić information content (AvgIpc) is 2.40. The number of aliphatic carboxylic acids is 1. The molecule has 0 saturated carbocycles. The van der Waals surface area contributed by atoms with Crippen molar-refractivity contribution in [1.29, 1.82) is 5.26 Å². The minimum atomic E-state index is -1.27. The van der Waals surface area contributed by atoms with Crippen LogP contribution in [0.15, 0.2) is 18.2 Å². The van der Waals surface area contributed by atoms with E-state index in [1.54, 1.807) is 0 Å². The molecule has 1 rings (SSSR count). The van der Waals surface area contributed by atoms with Gasteiger partial charge in [0.05, 0.1) is 12.5 Å². The number of carboxylic acid groups (broad SMARTS) is 1. The van der Waals surface area contributed by atoms with Crippen LogP contribution < -0.4 is 5.32 Å². The molecule has 1 aromatic carbocycles. The summed E-state index contributed by atoms with van der Waals surface area (Å²) >= 11 is 0. The molecule has 1 amide bonds. The molecule has 1 aromatic rings. The van der Waals surface area contributed by atoms with Crippen molar-refractivity contribution in [3.05, 3.63) is 35.4 Å². The normalized spacial score (nSPS) is 13.0. The second-order valence-corrected chi connectivity index (χ2v) is 4.64. The topological polar surface area (TPSA) is 90.2 Å². The van der Waals surface area contributed by atoms with Gasteiger partial charge in [-0.15, -0.1) is 0 Å². The highest BCUT2D eigenvalue weighted by Gasteiger charge is 2.22. The van der Waals surface area contributed by atoms with E-state index in [4.69, 9.17) is 10.4 Å². The summed E-state index contributed by atoms with van der Waals surface area (Å²) in [7, 11) is 0. The maximum Gasteiger partial charge on any atom is 0.326 e. The Hall–Kier alpha value is -2.49. The van der Waals surface area contributed by atoms with Gasteiger partial charge in [0, 0.05) is 12.0 Å². The molecule has 0 radical (unpaired) electrons. The summed E-state index contributed by atoms with van der Waals surface area (Å²) in [5, 5.41) is 19.9. The summed E-state index contributed by atoms with van der Waals surface area (Å²) in [6.07, 6.45) is -0.458. The van der Waals surface area contributed by atoms with Crippen LogP contribution in [0.5, 0.6) is 0 Å². The zero-order chi connectivity index (χ0) is 16.0. The number of nitrogens with zero attached hydrogens (tertiary/aromatic N) is 1. The predicted octanol–water partition coefficient (Wildman–Crippen LogP) is 1.63. The second-order valence-electron chi connectivity index (χ2n) is 4.64. The van der Waals surface area contributed by atoms with Crippen LogP contribution in [-0.4, -0.2) is 23.0 Å². The monoisotopic (exact) mass is 296 g/mol. The lowest BCUT2D eigenvalue weighted by Gasteiger charge is -2.15. The fourth-order valence-electron chi connectivity index (χ4n) is 1.71. The molecular formula is C14H14F2N2O3. The standard InChI is InChI=1S/C14H14F2N2O3/c1-8(7-17)4-12(14(20)21)18-13(19)5-9-2-3-10(15)6-11(9)16/h2-3,6,8,12H,4-5H2,1H3,(H,18,19)(H,20,21)/t8-,12+/m1/s1. The maximum atomic E-state index is 13.4. The van der Waals surface area contributed by atoms with Crippen molar-refractivity contribution < 1.29 is 23.5 Å². The van der Waals surface area contributed by atoms with Gasteiger partial charge in [-0.3, -0.25) is 4.79 Å². The first-order valence-electron chi connectivity index (χ1n) is 6.19. The maximum absolute atomic E-state index is 13.4. The van der Waals surface area contributed by atoms with E-state index < -0.39 is 41.9 Å². The predicted molar refractivity (Wildman–Crippen MR) is 69.0 cm³/mol. The Morgan fingerprint density at radius 2 is 2.10 bits per heavy atom. The van der Waals surface area contributed by atoms with Gasteiger partial charge in [-0.05, 0) is 25.0 Å². The lowest BCUT2D eigenvalue weighted by atomic mass is 10.0. The number of carbonyl (C=O) groups is 2. The number of benzene rings is 1. The van der Waals surface area contributed by atoms with Crippen molar-refractivity contribution in [2.45, 2.75) is 25.8 Å². The highest BCUT2D eigenvalue weighted by molar-refractivity contribution is 5.84. The summed E-state index contributed by atoms with van der Waals surface area (Å²) in [6, 6.07) is 3.43. The summed E-state index contributed by atoms with van der Waals surface area (Å²) < 4.78 is 26.1. The molecule has 0 saturated heterocycles. The Morgan fingerprint density at radius 3 is 2.62 bits per heavy atom. The second kappa shape index (κ2) is 7.33. The van der Waals surface area contributed by atoms with E-state index in [1.165, 1.54) is 6.92 Å². The van der Waals surface area contributed by atoms with Gasteiger partial charge in [-0.25, -0.2) is 13.6 Å². The summed E-state index contributed by atoms with van der Waals surface area (Å²) in [4.78, 5) is 22.7. The first-order chi connectivity index (χ1) is 9.83. The van der Waals surface area contributed by atoms with Gasteiger partial charge in [-0.2, -0.15) is 5.26 Å². The van der Waals surface area contributed by atoms with Gasteiger partial charge in [0.15, 0.2) is 0 Å². The van der Waals surface area contributed by atoms with E-state index in [-0.39, 0.29) is 12.0 Å². The Labute approximate surface area is 120 Å². The largest absolute Gasteiger partial charge is 0.480 e. The molecule has 112 valence electrons. The number of nitriles is 1. The van der Waals surface area contributed by atoms with E-state index in [2.05, 4.69) is 5.32 Å². The Kier molecular flexibility index (Phi) is 5.79. The molecule has 2 atom stereocenters. The van der Waals surface area contributed by atoms with Crippen LogP contribution in [0.2, 0.25) is 0 Å². The van der Waals surface area contributed by atoms with Crippen molar-refractivity contribution in [3.63, 3.8) is 0 Å². The fraction of sp³-hybridized carbons (Fsp3) is 0.357. The minimum Gasteiger partial charge on any atom is -0.480 e. The van der Waals surface area contributed by atoms with Crippen molar-refractivity contribution in [2.24, 2.45) is 5.92 Å². The molecule has 0 fully saturated rings. The van der Waals surface area contributed by atoms with E-state index in [0.717, 1.165) is 12.1 Å². The van der Waals surface area contributed by atoms with Crippen LogP contribution in [0.4, 0.5) is 8.78 Å². The Balaban J connectivity index is 2.70. The average molecular weight is 296 g/mol. The molecule has 0 spiro atoms. The summed E-state index contributed by atoms with van der Waals surface area (Å²) in [5.41, 5.74) is -0.0358. The van der Waals surface area contributed by atoms with E-state index >= 15 is 0 Å². The molecule has 0 aliphatic carbocycles. The molecule has 0 unspecified atom stereocenters. The molecule has 0 aliphatic rings. The molecule has 0 bridgehead atoms. The molecule has 0 aliphatic heterocycles. The van der Waals surface area contributed by atoms with E-state index in [9.17, 15) is 18.4 Å². The Bertz CT molecular complexity index is 584. The number of amides is 1. The molecule has 2 N–H and O–H groups in total. The number of hydrogen-bond acceptors (Lipinski definition) is 3. The number of carboxylic acids is 1. The smallest absolute Gasteiger partial charge is 0.326 e. The minimum absolute atomic E-state index is 0.0358. The van der Waals surface area contributed by atoms with Crippen LogP contribution >= 0.6 is 0 Å². The lowest BCUT2D eigenvalue weighted by Crippen LogP contribution is -2.42.